The van der Waals surface area contributed by atoms with Crippen molar-refractivity contribution in [1.82, 2.24) is 0 Å². The van der Waals surface area contributed by atoms with E-state index in [4.69, 9.17) is 11.6 Å². The van der Waals surface area contributed by atoms with Gasteiger partial charge in [0.25, 0.3) is 10.1 Å². The monoisotopic (exact) mass is 248 g/mol. The average Bonchev–Trinajstić information content (AvgIpc) is 2.18. The maximum absolute atomic E-state index is 11.4. The lowest BCUT2D eigenvalue weighted by atomic mass is 10.1. The molecule has 0 aromatic heterocycles. The van der Waals surface area contributed by atoms with Crippen molar-refractivity contribution in [2.45, 2.75) is 0 Å². The number of halogens is 1. The Labute approximate surface area is 92.9 Å². The summed E-state index contributed by atoms with van der Waals surface area (Å²) in [6.07, 6.45) is 0. The number of carbonyl (C=O) groups excluding carboxylic acids is 1. The van der Waals surface area contributed by atoms with Gasteiger partial charge in [-0.2, -0.15) is 8.42 Å². The molecule has 0 N–H and O–H groups in total. The number of Topliss-reactive ketones (excluding diaryl/α,β-unsaturated/α-hetero) is 1. The van der Waals surface area contributed by atoms with Crippen LogP contribution in [0.3, 0.4) is 0 Å². The molecule has 4 nitrogen and oxygen atoms in total. The summed E-state index contributed by atoms with van der Waals surface area (Å²) < 4.78 is 26.1. The highest BCUT2D eigenvalue weighted by molar-refractivity contribution is 7.87. The molecule has 0 bridgehead atoms. The van der Waals surface area contributed by atoms with E-state index in [-0.39, 0.29) is 0 Å². The summed E-state index contributed by atoms with van der Waals surface area (Å²) in [6.45, 7) is 0. The Kier molecular flexibility index (Phi) is 3.84. The van der Waals surface area contributed by atoms with E-state index in [0.717, 1.165) is 7.11 Å². The zero-order valence-electron chi connectivity index (χ0n) is 7.94. The molecule has 0 aliphatic heterocycles. The van der Waals surface area contributed by atoms with Gasteiger partial charge in [-0.15, -0.1) is 0 Å². The van der Waals surface area contributed by atoms with Gasteiger partial charge in [0, 0.05) is 10.6 Å². The maximum atomic E-state index is 11.4. The summed E-state index contributed by atoms with van der Waals surface area (Å²) in [5.41, 5.74) is 0.292. The first-order valence-corrected chi connectivity index (χ1v) is 5.97. The molecular weight excluding hydrogens is 240 g/mol. The van der Waals surface area contributed by atoms with E-state index in [1.54, 1.807) is 0 Å². The molecule has 0 aliphatic rings. The van der Waals surface area contributed by atoms with Gasteiger partial charge in [-0.1, -0.05) is 11.6 Å². The van der Waals surface area contributed by atoms with E-state index in [2.05, 4.69) is 4.18 Å². The third kappa shape index (κ3) is 3.62. The van der Waals surface area contributed by atoms with Crippen LogP contribution in [-0.2, 0) is 14.3 Å². The quantitative estimate of drug-likeness (QED) is 0.598. The van der Waals surface area contributed by atoms with Crippen LogP contribution < -0.4 is 0 Å². The fourth-order valence-corrected chi connectivity index (χ4v) is 1.67. The summed E-state index contributed by atoms with van der Waals surface area (Å²) in [4.78, 5) is 11.4. The minimum atomic E-state index is -3.76. The molecule has 0 heterocycles. The second-order valence-electron chi connectivity index (χ2n) is 2.80. The van der Waals surface area contributed by atoms with Crippen LogP contribution in [0, 0.1) is 0 Å². The van der Waals surface area contributed by atoms with Gasteiger partial charge in [-0.25, -0.2) is 0 Å². The van der Waals surface area contributed by atoms with Gasteiger partial charge in [-0.3, -0.25) is 8.98 Å². The van der Waals surface area contributed by atoms with Crippen LogP contribution in [-0.4, -0.2) is 27.1 Å². The minimum Gasteiger partial charge on any atom is -0.293 e. The number of hydrogen-bond acceptors (Lipinski definition) is 4. The molecule has 6 heteroatoms. The molecule has 1 aromatic rings. The van der Waals surface area contributed by atoms with E-state index >= 15 is 0 Å². The summed E-state index contributed by atoms with van der Waals surface area (Å²) in [7, 11) is -2.74. The summed E-state index contributed by atoms with van der Waals surface area (Å²) in [5, 5.41) is 0.487. The SMILES string of the molecule is COS(=O)(=O)CC(=O)c1ccc(Cl)cc1. The van der Waals surface area contributed by atoms with Crippen molar-refractivity contribution >= 4 is 27.5 Å². The molecule has 0 radical (unpaired) electrons. The lowest BCUT2D eigenvalue weighted by Gasteiger charge is -2.01. The van der Waals surface area contributed by atoms with Crippen LogP contribution in [0.25, 0.3) is 0 Å². The molecule has 0 amide bonds. The first-order valence-electron chi connectivity index (χ1n) is 4.01. The average molecular weight is 249 g/mol. The van der Waals surface area contributed by atoms with Crippen molar-refractivity contribution in [3.05, 3.63) is 34.9 Å². The number of benzene rings is 1. The van der Waals surface area contributed by atoms with Crippen LogP contribution in [0.2, 0.25) is 5.02 Å². The van der Waals surface area contributed by atoms with Crippen molar-refractivity contribution in [2.75, 3.05) is 12.9 Å². The van der Waals surface area contributed by atoms with E-state index in [9.17, 15) is 13.2 Å². The Bertz CT molecular complexity index is 450. The molecule has 15 heavy (non-hydrogen) atoms. The van der Waals surface area contributed by atoms with E-state index in [1.165, 1.54) is 24.3 Å². The molecule has 82 valence electrons. The van der Waals surface area contributed by atoms with Gasteiger partial charge in [0.05, 0.1) is 7.11 Å². The molecule has 0 fully saturated rings. The predicted molar refractivity (Wildman–Crippen MR) is 56.6 cm³/mol. The highest BCUT2D eigenvalue weighted by Gasteiger charge is 2.16. The Morgan fingerprint density at radius 2 is 1.87 bits per heavy atom. The zero-order valence-corrected chi connectivity index (χ0v) is 9.51. The van der Waals surface area contributed by atoms with Crippen LogP contribution in [0.1, 0.15) is 10.4 Å². The minimum absolute atomic E-state index is 0.292. The van der Waals surface area contributed by atoms with Crippen molar-refractivity contribution < 1.29 is 17.4 Å². The Hall–Kier alpha value is -0.910. The van der Waals surface area contributed by atoms with Crippen LogP contribution in [0.5, 0.6) is 0 Å². The van der Waals surface area contributed by atoms with Crippen LogP contribution in [0.15, 0.2) is 24.3 Å². The standard InChI is InChI=1S/C9H9ClO4S/c1-14-15(12,13)6-9(11)7-2-4-8(10)5-3-7/h2-5H,6H2,1H3. The second kappa shape index (κ2) is 4.74. The third-order valence-corrected chi connectivity index (χ3v) is 3.10. The largest absolute Gasteiger partial charge is 0.293 e. The number of ketones is 1. The van der Waals surface area contributed by atoms with Crippen LogP contribution >= 0.6 is 11.6 Å². The zero-order chi connectivity index (χ0) is 11.5. The molecule has 0 saturated heterocycles. The first-order chi connectivity index (χ1) is 6.94. The molecule has 1 rings (SSSR count). The van der Waals surface area contributed by atoms with Gasteiger partial charge in [0.2, 0.25) is 0 Å². The summed E-state index contributed by atoms with van der Waals surface area (Å²) >= 11 is 5.62. The van der Waals surface area contributed by atoms with Crippen molar-refractivity contribution in [3.63, 3.8) is 0 Å². The van der Waals surface area contributed by atoms with E-state index < -0.39 is 21.7 Å². The predicted octanol–water partition coefficient (Wildman–Crippen LogP) is 1.50. The van der Waals surface area contributed by atoms with Crippen molar-refractivity contribution in [2.24, 2.45) is 0 Å². The number of hydrogen-bond donors (Lipinski definition) is 0. The van der Waals surface area contributed by atoms with E-state index in [0.29, 0.717) is 10.6 Å². The second-order valence-corrected chi connectivity index (χ2v) is 4.97. The van der Waals surface area contributed by atoms with Gasteiger partial charge >= 0.3 is 0 Å². The Morgan fingerprint density at radius 3 is 2.33 bits per heavy atom. The molecular formula is C9H9ClO4S. The smallest absolute Gasteiger partial charge is 0.274 e. The normalized spacial score (nSPS) is 11.3. The topological polar surface area (TPSA) is 60.4 Å². The number of carbonyl (C=O) groups is 1. The molecule has 0 saturated carbocycles. The summed E-state index contributed by atoms with van der Waals surface area (Å²) in [6, 6.07) is 5.98. The third-order valence-electron chi connectivity index (χ3n) is 1.73. The molecule has 1 aromatic carbocycles. The van der Waals surface area contributed by atoms with Gasteiger partial charge in [0.1, 0.15) is 5.75 Å². The van der Waals surface area contributed by atoms with Gasteiger partial charge in [-0.05, 0) is 24.3 Å². The molecule has 0 unspecified atom stereocenters. The highest BCUT2D eigenvalue weighted by Crippen LogP contribution is 2.10. The van der Waals surface area contributed by atoms with Gasteiger partial charge < -0.3 is 0 Å². The lowest BCUT2D eigenvalue weighted by Crippen LogP contribution is -2.17. The van der Waals surface area contributed by atoms with Gasteiger partial charge in [0.15, 0.2) is 5.78 Å². The van der Waals surface area contributed by atoms with Crippen molar-refractivity contribution in [1.29, 1.82) is 0 Å². The Balaban J connectivity index is 2.83. The molecule has 0 atom stereocenters. The Morgan fingerprint density at radius 1 is 1.33 bits per heavy atom. The van der Waals surface area contributed by atoms with E-state index in [1.807, 2.05) is 0 Å². The fraction of sp³-hybridized carbons (Fsp3) is 0.222. The highest BCUT2D eigenvalue weighted by atomic mass is 35.5. The fourth-order valence-electron chi connectivity index (χ4n) is 0.939. The molecule has 0 spiro atoms. The maximum Gasteiger partial charge on any atom is 0.274 e. The lowest BCUT2D eigenvalue weighted by molar-refractivity contribution is 0.101. The number of rotatable bonds is 4. The first kappa shape index (κ1) is 12.2. The molecule has 0 aliphatic carbocycles. The summed E-state index contributed by atoms with van der Waals surface area (Å²) in [5.74, 6) is -1.18. The van der Waals surface area contributed by atoms with Crippen molar-refractivity contribution in [3.8, 4) is 0 Å². The van der Waals surface area contributed by atoms with Crippen LogP contribution in [0.4, 0.5) is 0 Å².